The van der Waals surface area contributed by atoms with Crippen LogP contribution >= 0.6 is 0 Å². The van der Waals surface area contributed by atoms with Gasteiger partial charge in [-0.2, -0.15) is 0 Å². The van der Waals surface area contributed by atoms with Gasteiger partial charge in [0.25, 0.3) is 0 Å². The van der Waals surface area contributed by atoms with Crippen molar-refractivity contribution in [3.05, 3.63) is 11.6 Å². The number of aliphatic hydroxyl groups is 21. The molecule has 33 nitrogen and oxygen atoms in total. The summed E-state index contributed by atoms with van der Waals surface area (Å²) in [7, 11) is 0. The molecule has 10 aliphatic rings. The summed E-state index contributed by atoms with van der Waals surface area (Å²) in [5.74, 6) is -1.08. The minimum absolute atomic E-state index is 0.0253. The molecule has 0 aromatic heterocycles. The molecule has 3 unspecified atom stereocenters. The first kappa shape index (κ1) is 80.9. The molecule has 21 N–H and O–H groups in total. The molecule has 0 spiro atoms. The zero-order chi connectivity index (χ0) is 73.5. The Hall–Kier alpha value is -1.58. The van der Waals surface area contributed by atoms with E-state index in [4.69, 9.17) is 56.8 Å². The van der Waals surface area contributed by atoms with Gasteiger partial charge in [0.05, 0.1) is 69.7 Å². The summed E-state index contributed by atoms with van der Waals surface area (Å²) >= 11 is 0. The summed E-state index contributed by atoms with van der Waals surface area (Å²) in [5.41, 5.74) is -2.94. The third-order valence-corrected chi connectivity index (χ3v) is 25.4. The number of aliphatic hydroxyl groups excluding tert-OH is 20. The SMILES string of the molecule is C[C@@H]1[C@@H](O)[C@H](OC[C@H]2O[C@@H](O[C@H](CC[C@@H](C)C3CC[C@@]4(C)C5CC=C6C(CC[C@H](O[C@@H]7O[C@H](CO[C@@H]8O[C@H](CO)[C@@H](O)[C@H](O)[C@H]8O)[C@@H](O)[C@H](O)[C@H]7O[C@H]7O[C@@H](CO)[C@H](O)[C@@H](O)[C@@H]7O)C6(C)C)[C@]5(C)[C@H](O)C[C@]34C)C(C)(C)O)[C@H](O[C@H]3O[C@@H](CO)[C@H](O)[C@@H](O)[C@@H]3O)[C@@H](O)[C@@H]2O)O[C@H](CO)[C@H]1O. The highest BCUT2D eigenvalue weighted by atomic mass is 16.8. The van der Waals surface area contributed by atoms with Crippen LogP contribution in [0.2, 0.25) is 0 Å². The van der Waals surface area contributed by atoms with Crippen molar-refractivity contribution in [2.75, 3.05) is 39.6 Å². The van der Waals surface area contributed by atoms with Crippen LogP contribution in [-0.2, 0) is 56.8 Å². The normalized spacial score (nSPS) is 52.1. The van der Waals surface area contributed by atoms with Gasteiger partial charge in [-0.3, -0.25) is 0 Å². The molecule has 0 bridgehead atoms. The van der Waals surface area contributed by atoms with Gasteiger partial charge in [0.1, 0.15) is 134 Å². The molecule has 0 aromatic carbocycles. The maximum Gasteiger partial charge on any atom is 0.187 e. The van der Waals surface area contributed by atoms with E-state index < -0.39 is 264 Å². The minimum Gasteiger partial charge on any atom is -0.394 e. The van der Waals surface area contributed by atoms with Gasteiger partial charge in [-0.15, -0.1) is 0 Å². The van der Waals surface area contributed by atoms with E-state index in [9.17, 15) is 107 Å². The fourth-order valence-corrected chi connectivity index (χ4v) is 18.7. The van der Waals surface area contributed by atoms with E-state index in [0.717, 1.165) is 18.4 Å². The van der Waals surface area contributed by atoms with Crippen LogP contribution in [0.5, 0.6) is 0 Å². The van der Waals surface area contributed by atoms with E-state index in [1.807, 2.05) is 13.8 Å². The Morgan fingerprint density at radius 1 is 0.480 bits per heavy atom. The molecule has 0 aromatic rings. The van der Waals surface area contributed by atoms with Gasteiger partial charge < -0.3 is 164 Å². The lowest BCUT2D eigenvalue weighted by molar-refractivity contribution is -0.380. The molecule has 9 fully saturated rings. The number of hydrogen-bond donors (Lipinski definition) is 21. The third-order valence-electron chi connectivity index (χ3n) is 25.4. The molecule has 100 heavy (non-hydrogen) atoms. The largest absolute Gasteiger partial charge is 0.394 e. The Balaban J connectivity index is 0.853. The molecule has 40 atom stereocenters. The molecule has 580 valence electrons. The second-order valence-electron chi connectivity index (χ2n) is 31.9. The number of fused-ring (bicyclic) bond motifs is 5. The van der Waals surface area contributed by atoms with Gasteiger partial charge in [0.2, 0.25) is 0 Å². The van der Waals surface area contributed by atoms with Crippen LogP contribution in [0.4, 0.5) is 0 Å². The molecule has 4 aliphatic carbocycles. The smallest absolute Gasteiger partial charge is 0.187 e. The average molecular weight is 1450 g/mol. The minimum atomic E-state index is -1.95. The van der Waals surface area contributed by atoms with Crippen LogP contribution in [-0.4, -0.2) is 349 Å². The van der Waals surface area contributed by atoms with E-state index in [0.29, 0.717) is 32.1 Å². The highest BCUT2D eigenvalue weighted by Crippen LogP contribution is 2.75. The van der Waals surface area contributed by atoms with E-state index in [2.05, 4.69) is 33.8 Å². The zero-order valence-electron chi connectivity index (χ0n) is 58.1. The number of ether oxygens (including phenoxy) is 12. The molecule has 6 saturated heterocycles. The lowest BCUT2D eigenvalue weighted by Crippen LogP contribution is -2.66. The Morgan fingerprint density at radius 3 is 1.40 bits per heavy atom. The average Bonchev–Trinajstić information content (AvgIpc) is 1.32. The Bertz CT molecular complexity index is 2670. The molecular weight excluding hydrogens is 1330 g/mol. The Kier molecular flexibility index (Phi) is 25.5. The van der Waals surface area contributed by atoms with Crippen molar-refractivity contribution in [2.24, 2.45) is 51.2 Å². The van der Waals surface area contributed by atoms with Crippen LogP contribution in [0.1, 0.15) is 114 Å². The fourth-order valence-electron chi connectivity index (χ4n) is 18.7. The number of allylic oxidation sites excluding steroid dienone is 1. The highest BCUT2D eigenvalue weighted by molar-refractivity contribution is 5.32. The summed E-state index contributed by atoms with van der Waals surface area (Å²) < 4.78 is 72.5. The van der Waals surface area contributed by atoms with Crippen molar-refractivity contribution in [3.63, 3.8) is 0 Å². The molecule has 33 heteroatoms. The first-order valence-corrected chi connectivity index (χ1v) is 35.4. The molecule has 10 rings (SSSR count). The standard InChI is InChI=1S/C67H114O33/c1-25(10-14-39(64(5,6)88)98-62-56(100-60-54(87)49(82)44(77)33(22-71)94-60)51(84)45(78)34(96-62)23-89-57-41(74)26(2)40(73)30(19-68)91-57)27-16-17-65(7)36-13-11-28-29(67(36,9)37(72)18-66(27,65)8)12-15-38(63(28,3)4)97-61-55(99-59-53(86)48(81)43(76)32(21-70)93-59)50(83)46(79)35(95-61)24-90-58-52(85)47(80)42(75)31(20-69)92-58/h11,25-27,29-62,68-88H,10,12-24H2,1-9H3/t25-,26+,27?,29?,30-,31-,32+,33+,34-,35-,36?,37-,38+,39-,40+,41-,42-,43+,44+,45-,46-,47+,48-,49-,50+,51+,52-,53+,54+,55-,56-,57-,58-,59-,60-,61+,62+,65+,66-,67+/m1/s1. The summed E-state index contributed by atoms with van der Waals surface area (Å²) in [6, 6.07) is 0. The van der Waals surface area contributed by atoms with E-state index in [1.165, 1.54) is 20.8 Å². The van der Waals surface area contributed by atoms with Gasteiger partial charge in [-0.05, 0) is 99.7 Å². The highest BCUT2D eigenvalue weighted by Gasteiger charge is 2.71. The molecule has 6 aliphatic heterocycles. The number of hydrogen-bond acceptors (Lipinski definition) is 33. The summed E-state index contributed by atoms with van der Waals surface area (Å²) in [4.78, 5) is 0. The van der Waals surface area contributed by atoms with Crippen LogP contribution in [0.3, 0.4) is 0 Å². The van der Waals surface area contributed by atoms with Crippen molar-refractivity contribution >= 4 is 0 Å². The predicted molar refractivity (Wildman–Crippen MR) is 336 cm³/mol. The second-order valence-corrected chi connectivity index (χ2v) is 31.9. The number of rotatable bonds is 23. The lowest BCUT2D eigenvalue weighted by atomic mass is 9.38. The summed E-state index contributed by atoms with van der Waals surface area (Å²) in [6.45, 7) is 13.2. The van der Waals surface area contributed by atoms with Crippen molar-refractivity contribution < 1.29 is 164 Å². The predicted octanol–water partition coefficient (Wildman–Crippen LogP) is -6.31. The monoisotopic (exact) mass is 1450 g/mol. The van der Waals surface area contributed by atoms with Crippen molar-refractivity contribution in [1.82, 2.24) is 0 Å². The van der Waals surface area contributed by atoms with Crippen LogP contribution in [0.15, 0.2) is 11.6 Å². The van der Waals surface area contributed by atoms with Gasteiger partial charge in [0.15, 0.2) is 37.7 Å². The van der Waals surface area contributed by atoms with Crippen LogP contribution < -0.4 is 0 Å². The Morgan fingerprint density at radius 2 is 0.910 bits per heavy atom. The first-order chi connectivity index (χ1) is 46.9. The quantitative estimate of drug-likeness (QED) is 0.0423. The van der Waals surface area contributed by atoms with Crippen LogP contribution in [0, 0.1) is 51.2 Å². The second kappa shape index (κ2) is 31.6. The van der Waals surface area contributed by atoms with Gasteiger partial charge >= 0.3 is 0 Å². The maximum atomic E-state index is 13.0. The molecular formula is C67H114O33. The lowest BCUT2D eigenvalue weighted by Gasteiger charge is -2.67. The molecule has 6 heterocycles. The van der Waals surface area contributed by atoms with Gasteiger partial charge in [-0.25, -0.2) is 0 Å². The first-order valence-electron chi connectivity index (χ1n) is 35.4. The Labute approximate surface area is 580 Å². The summed E-state index contributed by atoms with van der Waals surface area (Å²) in [5, 5.41) is 229. The van der Waals surface area contributed by atoms with Gasteiger partial charge in [0, 0.05) is 16.7 Å². The van der Waals surface area contributed by atoms with Crippen molar-refractivity contribution in [2.45, 2.75) is 316 Å². The fraction of sp³-hybridized carbons (Fsp3) is 0.970. The van der Waals surface area contributed by atoms with E-state index in [-0.39, 0.29) is 35.5 Å². The molecule has 3 saturated carbocycles. The third kappa shape index (κ3) is 14.8. The van der Waals surface area contributed by atoms with Crippen molar-refractivity contribution in [3.8, 4) is 0 Å². The molecule has 0 amide bonds. The van der Waals surface area contributed by atoms with Crippen molar-refractivity contribution in [1.29, 1.82) is 0 Å². The van der Waals surface area contributed by atoms with E-state index >= 15 is 0 Å². The van der Waals surface area contributed by atoms with E-state index in [1.54, 1.807) is 0 Å². The zero-order valence-corrected chi connectivity index (χ0v) is 58.1. The maximum absolute atomic E-state index is 13.0. The van der Waals surface area contributed by atoms with Crippen LogP contribution in [0.25, 0.3) is 0 Å². The topological polar surface area (TPSA) is 536 Å². The molecule has 0 radical (unpaired) electrons. The summed E-state index contributed by atoms with van der Waals surface area (Å²) in [6.07, 6.45) is -44.8. The van der Waals surface area contributed by atoms with Gasteiger partial charge in [-0.1, -0.05) is 60.1 Å².